The van der Waals surface area contributed by atoms with Crippen LogP contribution in [-0.4, -0.2) is 59.7 Å². The molecule has 1 saturated heterocycles. The van der Waals surface area contributed by atoms with E-state index in [9.17, 15) is 9.59 Å². The molecule has 0 radical (unpaired) electrons. The molecule has 1 unspecified atom stereocenters. The van der Waals surface area contributed by atoms with Gasteiger partial charge in [-0.1, -0.05) is 13.8 Å². The Morgan fingerprint density at radius 2 is 2.25 bits per heavy atom. The summed E-state index contributed by atoms with van der Waals surface area (Å²) in [6.45, 7) is 6.55. The molecular formula is C16H28ClN5O2. The molecule has 2 heterocycles. The van der Waals surface area contributed by atoms with Crippen molar-refractivity contribution in [1.82, 2.24) is 25.3 Å². The van der Waals surface area contributed by atoms with Crippen molar-refractivity contribution in [1.29, 1.82) is 0 Å². The molecule has 0 spiro atoms. The number of amides is 2. The van der Waals surface area contributed by atoms with Crippen molar-refractivity contribution < 1.29 is 9.59 Å². The van der Waals surface area contributed by atoms with Gasteiger partial charge in [-0.2, -0.15) is 5.10 Å². The normalized spacial score (nSPS) is 17.2. The van der Waals surface area contributed by atoms with E-state index in [1.807, 2.05) is 24.7 Å². The minimum Gasteiger partial charge on any atom is -0.354 e. The van der Waals surface area contributed by atoms with Gasteiger partial charge in [0.05, 0.1) is 6.04 Å². The van der Waals surface area contributed by atoms with Crippen LogP contribution in [0, 0.1) is 5.92 Å². The molecule has 1 fully saturated rings. The van der Waals surface area contributed by atoms with Crippen LogP contribution >= 0.6 is 12.4 Å². The lowest BCUT2D eigenvalue weighted by atomic mass is 10.1. The van der Waals surface area contributed by atoms with Gasteiger partial charge >= 0.3 is 0 Å². The highest BCUT2D eigenvalue weighted by molar-refractivity contribution is 5.92. The summed E-state index contributed by atoms with van der Waals surface area (Å²) < 4.78 is 1.88. The topological polar surface area (TPSA) is 79.3 Å². The summed E-state index contributed by atoms with van der Waals surface area (Å²) in [7, 11) is 1.73. The van der Waals surface area contributed by atoms with Gasteiger partial charge in [-0.15, -0.1) is 12.4 Å². The lowest BCUT2D eigenvalue weighted by molar-refractivity contribution is -0.124. The number of hydrogen-bond donors (Lipinski definition) is 2. The van der Waals surface area contributed by atoms with E-state index >= 15 is 0 Å². The molecule has 2 rings (SSSR count). The smallest absolute Gasteiger partial charge is 0.274 e. The quantitative estimate of drug-likeness (QED) is 0.798. The Labute approximate surface area is 149 Å². The number of likely N-dealkylation sites (N-methyl/N-ethyl adjacent to an activating group) is 1. The van der Waals surface area contributed by atoms with E-state index in [1.165, 1.54) is 0 Å². The lowest BCUT2D eigenvalue weighted by Crippen LogP contribution is -2.37. The van der Waals surface area contributed by atoms with Gasteiger partial charge in [-0.25, -0.2) is 0 Å². The minimum atomic E-state index is -0.119. The Balaban J connectivity index is 0.00000288. The summed E-state index contributed by atoms with van der Waals surface area (Å²) in [4.78, 5) is 25.5. The van der Waals surface area contributed by atoms with E-state index in [-0.39, 0.29) is 30.1 Å². The molecule has 2 amide bonds. The predicted molar refractivity (Wildman–Crippen MR) is 95.4 cm³/mol. The SMILES string of the molecule is CC(C)C(=O)NCCN(C)C(=O)c1ccn(C2CCCNC2)n1.Cl. The first-order valence-electron chi connectivity index (χ1n) is 8.28. The van der Waals surface area contributed by atoms with Gasteiger partial charge in [0.15, 0.2) is 0 Å². The third-order valence-electron chi connectivity index (χ3n) is 4.09. The molecule has 2 N–H and O–H groups in total. The third kappa shape index (κ3) is 5.49. The molecule has 0 aliphatic carbocycles. The first-order chi connectivity index (χ1) is 11.0. The Morgan fingerprint density at radius 1 is 1.50 bits per heavy atom. The molecular weight excluding hydrogens is 330 g/mol. The van der Waals surface area contributed by atoms with E-state index in [0.29, 0.717) is 24.8 Å². The molecule has 0 saturated carbocycles. The molecule has 8 heteroatoms. The van der Waals surface area contributed by atoms with Gasteiger partial charge in [-0.3, -0.25) is 14.3 Å². The largest absolute Gasteiger partial charge is 0.354 e. The minimum absolute atomic E-state index is 0. The van der Waals surface area contributed by atoms with Gasteiger partial charge in [0, 0.05) is 38.8 Å². The summed E-state index contributed by atoms with van der Waals surface area (Å²) in [5.41, 5.74) is 0.452. The summed E-state index contributed by atoms with van der Waals surface area (Å²) in [5.74, 6) is -0.165. The van der Waals surface area contributed by atoms with Crippen molar-refractivity contribution >= 4 is 24.2 Å². The molecule has 1 atom stereocenters. The molecule has 1 aromatic rings. The van der Waals surface area contributed by atoms with Crippen LogP contribution in [0.1, 0.15) is 43.2 Å². The van der Waals surface area contributed by atoms with Crippen LogP contribution in [-0.2, 0) is 4.79 Å². The van der Waals surface area contributed by atoms with E-state index in [2.05, 4.69) is 15.7 Å². The van der Waals surface area contributed by atoms with Crippen molar-refractivity contribution in [3.05, 3.63) is 18.0 Å². The van der Waals surface area contributed by atoms with Gasteiger partial charge in [-0.05, 0) is 25.5 Å². The zero-order chi connectivity index (χ0) is 16.8. The van der Waals surface area contributed by atoms with Crippen LogP contribution < -0.4 is 10.6 Å². The second-order valence-corrected chi connectivity index (χ2v) is 6.35. The Morgan fingerprint density at radius 3 is 2.88 bits per heavy atom. The fourth-order valence-corrected chi connectivity index (χ4v) is 2.56. The second-order valence-electron chi connectivity index (χ2n) is 6.35. The number of carbonyl (C=O) groups excluding carboxylic acids is 2. The van der Waals surface area contributed by atoms with Gasteiger partial charge in [0.1, 0.15) is 5.69 Å². The summed E-state index contributed by atoms with van der Waals surface area (Å²) in [5, 5.41) is 10.6. The molecule has 24 heavy (non-hydrogen) atoms. The number of piperidine rings is 1. The average Bonchev–Trinajstić information content (AvgIpc) is 3.04. The number of nitrogens with one attached hydrogen (secondary N) is 2. The Kier molecular flexibility index (Phi) is 8.21. The molecule has 0 aromatic carbocycles. The monoisotopic (exact) mass is 357 g/mol. The zero-order valence-corrected chi connectivity index (χ0v) is 15.4. The maximum Gasteiger partial charge on any atom is 0.274 e. The molecule has 1 aliphatic rings. The predicted octanol–water partition coefficient (Wildman–Crippen LogP) is 1.07. The van der Waals surface area contributed by atoms with Gasteiger partial charge < -0.3 is 15.5 Å². The van der Waals surface area contributed by atoms with Crippen molar-refractivity contribution in [2.75, 3.05) is 33.2 Å². The van der Waals surface area contributed by atoms with E-state index in [0.717, 1.165) is 25.9 Å². The number of rotatable bonds is 6. The average molecular weight is 358 g/mol. The van der Waals surface area contributed by atoms with Crippen molar-refractivity contribution in [3.8, 4) is 0 Å². The summed E-state index contributed by atoms with van der Waals surface area (Å²) in [6.07, 6.45) is 4.09. The molecule has 7 nitrogen and oxygen atoms in total. The van der Waals surface area contributed by atoms with Crippen LogP contribution in [0.15, 0.2) is 12.3 Å². The molecule has 0 bridgehead atoms. The zero-order valence-electron chi connectivity index (χ0n) is 14.6. The first-order valence-corrected chi connectivity index (χ1v) is 8.28. The Bertz CT molecular complexity index is 540. The van der Waals surface area contributed by atoms with E-state index < -0.39 is 0 Å². The van der Waals surface area contributed by atoms with Crippen LogP contribution in [0.25, 0.3) is 0 Å². The van der Waals surface area contributed by atoms with Crippen LogP contribution in [0.3, 0.4) is 0 Å². The highest BCUT2D eigenvalue weighted by Gasteiger charge is 2.19. The van der Waals surface area contributed by atoms with E-state index in [4.69, 9.17) is 0 Å². The maximum absolute atomic E-state index is 12.4. The molecule has 136 valence electrons. The van der Waals surface area contributed by atoms with E-state index in [1.54, 1.807) is 18.0 Å². The summed E-state index contributed by atoms with van der Waals surface area (Å²) >= 11 is 0. The van der Waals surface area contributed by atoms with Crippen LogP contribution in [0.4, 0.5) is 0 Å². The van der Waals surface area contributed by atoms with Gasteiger partial charge in [0.25, 0.3) is 5.91 Å². The number of carbonyl (C=O) groups is 2. The number of halogens is 1. The molecule has 1 aromatic heterocycles. The number of nitrogens with zero attached hydrogens (tertiary/aromatic N) is 3. The van der Waals surface area contributed by atoms with Crippen molar-refractivity contribution in [2.24, 2.45) is 5.92 Å². The highest BCUT2D eigenvalue weighted by atomic mass is 35.5. The fourth-order valence-electron chi connectivity index (χ4n) is 2.56. The summed E-state index contributed by atoms with van der Waals surface area (Å²) in [6, 6.07) is 2.08. The van der Waals surface area contributed by atoms with Gasteiger partial charge in [0.2, 0.25) is 5.91 Å². The van der Waals surface area contributed by atoms with Crippen LogP contribution in [0.5, 0.6) is 0 Å². The highest BCUT2D eigenvalue weighted by Crippen LogP contribution is 2.16. The second kappa shape index (κ2) is 9.64. The first kappa shape index (κ1) is 20.4. The van der Waals surface area contributed by atoms with Crippen molar-refractivity contribution in [2.45, 2.75) is 32.7 Å². The maximum atomic E-state index is 12.4. The molecule has 1 aliphatic heterocycles. The van der Waals surface area contributed by atoms with Crippen LogP contribution in [0.2, 0.25) is 0 Å². The third-order valence-corrected chi connectivity index (χ3v) is 4.09. The number of aromatic nitrogens is 2. The number of hydrogen-bond acceptors (Lipinski definition) is 4. The Hall–Kier alpha value is -1.60. The fraction of sp³-hybridized carbons (Fsp3) is 0.688. The lowest BCUT2D eigenvalue weighted by Gasteiger charge is -2.23. The standard InChI is InChI=1S/C16H27N5O2.ClH/c1-12(2)15(22)18-8-10-20(3)16(23)14-6-9-21(19-14)13-5-4-7-17-11-13;/h6,9,12-13,17H,4-5,7-8,10-11H2,1-3H3,(H,18,22);1H. The van der Waals surface area contributed by atoms with Crippen molar-refractivity contribution in [3.63, 3.8) is 0 Å².